The molecular formula is C5H12N2O2. The molecule has 54 valence electrons. The monoisotopic (exact) mass is 132 g/mol. The van der Waals surface area contributed by atoms with Crippen LogP contribution in [0.25, 0.3) is 0 Å². The highest BCUT2D eigenvalue weighted by atomic mass is 16.5. The van der Waals surface area contributed by atoms with Crippen LogP contribution < -0.4 is 11.3 Å². The van der Waals surface area contributed by atoms with Gasteiger partial charge in [-0.3, -0.25) is 11.3 Å². The Hall–Kier alpha value is -0.450. The van der Waals surface area contributed by atoms with Gasteiger partial charge in [-0.25, -0.2) is 0 Å². The van der Waals surface area contributed by atoms with E-state index in [4.69, 9.17) is 10.6 Å². The van der Waals surface area contributed by atoms with Crippen LogP contribution in [0.5, 0.6) is 0 Å². The van der Waals surface area contributed by atoms with Gasteiger partial charge in [0.25, 0.3) is 0 Å². The largest absolute Gasteiger partial charge is 0.370 e. The van der Waals surface area contributed by atoms with E-state index >= 15 is 0 Å². The Kier molecular flexibility index (Phi) is 5.40. The molecule has 0 saturated heterocycles. The van der Waals surface area contributed by atoms with Gasteiger partial charge in [0.1, 0.15) is 12.4 Å². The first-order chi connectivity index (χ1) is 4.35. The number of hydrogen-bond donors (Lipinski definition) is 2. The van der Waals surface area contributed by atoms with E-state index in [0.717, 1.165) is 6.29 Å². The van der Waals surface area contributed by atoms with E-state index in [9.17, 15) is 4.79 Å². The summed E-state index contributed by atoms with van der Waals surface area (Å²) >= 11 is 0. The lowest BCUT2D eigenvalue weighted by atomic mass is 10.4. The zero-order valence-corrected chi connectivity index (χ0v) is 5.46. The smallest absolute Gasteiger partial charge is 0.150 e. The Morgan fingerprint density at radius 1 is 1.89 bits per heavy atom. The van der Waals surface area contributed by atoms with Crippen molar-refractivity contribution in [3.05, 3.63) is 0 Å². The second-order valence-electron chi connectivity index (χ2n) is 1.54. The molecule has 0 saturated carbocycles. The summed E-state index contributed by atoms with van der Waals surface area (Å²) in [6.45, 7) is 2.73. The van der Waals surface area contributed by atoms with E-state index in [1.165, 1.54) is 0 Å². The summed E-state index contributed by atoms with van der Waals surface area (Å²) in [6.07, 6.45) is 0.323. The lowest BCUT2D eigenvalue weighted by Crippen LogP contribution is -2.34. The molecule has 4 heteroatoms. The normalized spacial score (nSPS) is 13.1. The SMILES string of the molecule is CCOC(C=O)CNN. The van der Waals surface area contributed by atoms with Crippen LogP contribution in [-0.2, 0) is 9.53 Å². The number of carbonyl (C=O) groups is 1. The van der Waals surface area contributed by atoms with Gasteiger partial charge in [0.15, 0.2) is 0 Å². The Bertz CT molecular complexity index is 71.4. The zero-order valence-electron chi connectivity index (χ0n) is 5.46. The third-order valence-electron chi connectivity index (χ3n) is 0.852. The van der Waals surface area contributed by atoms with Gasteiger partial charge in [-0.15, -0.1) is 0 Å². The maximum Gasteiger partial charge on any atom is 0.150 e. The molecule has 0 aliphatic heterocycles. The first-order valence-corrected chi connectivity index (χ1v) is 2.85. The summed E-state index contributed by atoms with van der Waals surface area (Å²) in [5.41, 5.74) is 2.35. The van der Waals surface area contributed by atoms with Gasteiger partial charge in [-0.2, -0.15) is 0 Å². The standard InChI is InChI=1S/C5H12N2O2/c1-2-9-5(4-8)3-7-6/h4-5,7H,2-3,6H2,1H3. The zero-order chi connectivity index (χ0) is 7.11. The van der Waals surface area contributed by atoms with E-state index in [2.05, 4.69) is 5.43 Å². The second kappa shape index (κ2) is 5.68. The van der Waals surface area contributed by atoms with Crippen LogP contribution in [0.15, 0.2) is 0 Å². The summed E-state index contributed by atoms with van der Waals surface area (Å²) in [7, 11) is 0. The molecule has 0 rings (SSSR count). The quantitative estimate of drug-likeness (QED) is 0.288. The molecule has 0 amide bonds. The van der Waals surface area contributed by atoms with Crippen molar-refractivity contribution in [2.45, 2.75) is 13.0 Å². The summed E-state index contributed by atoms with van der Waals surface area (Å²) in [4.78, 5) is 10.1. The van der Waals surface area contributed by atoms with Crippen molar-refractivity contribution in [2.75, 3.05) is 13.2 Å². The number of aldehydes is 1. The molecule has 0 aromatic rings. The molecule has 0 aromatic carbocycles. The Morgan fingerprint density at radius 3 is 2.89 bits per heavy atom. The van der Waals surface area contributed by atoms with Crippen molar-refractivity contribution < 1.29 is 9.53 Å². The minimum atomic E-state index is -0.403. The van der Waals surface area contributed by atoms with Gasteiger partial charge < -0.3 is 9.53 Å². The lowest BCUT2D eigenvalue weighted by Gasteiger charge is -2.07. The Morgan fingerprint density at radius 2 is 2.56 bits per heavy atom. The van der Waals surface area contributed by atoms with Gasteiger partial charge in [-0.05, 0) is 6.92 Å². The van der Waals surface area contributed by atoms with Crippen molar-refractivity contribution in [1.29, 1.82) is 0 Å². The molecule has 1 atom stereocenters. The van der Waals surface area contributed by atoms with Gasteiger partial charge in [0, 0.05) is 13.2 Å². The van der Waals surface area contributed by atoms with Crippen LogP contribution >= 0.6 is 0 Å². The molecular weight excluding hydrogens is 120 g/mol. The first-order valence-electron chi connectivity index (χ1n) is 2.85. The summed E-state index contributed by atoms with van der Waals surface area (Å²) in [5, 5.41) is 0. The maximum absolute atomic E-state index is 10.1. The summed E-state index contributed by atoms with van der Waals surface area (Å²) in [6, 6.07) is 0. The van der Waals surface area contributed by atoms with Crippen molar-refractivity contribution in [1.82, 2.24) is 5.43 Å². The van der Waals surface area contributed by atoms with Crippen LogP contribution in [0.2, 0.25) is 0 Å². The topological polar surface area (TPSA) is 64.3 Å². The van der Waals surface area contributed by atoms with Gasteiger partial charge in [-0.1, -0.05) is 0 Å². The summed E-state index contributed by atoms with van der Waals surface area (Å²) in [5.74, 6) is 4.95. The van der Waals surface area contributed by atoms with Crippen LogP contribution in [0, 0.1) is 0 Å². The highest BCUT2D eigenvalue weighted by Crippen LogP contribution is 1.82. The molecule has 9 heavy (non-hydrogen) atoms. The fraction of sp³-hybridized carbons (Fsp3) is 0.800. The molecule has 0 bridgehead atoms. The molecule has 1 unspecified atom stereocenters. The van der Waals surface area contributed by atoms with Crippen LogP contribution in [0.4, 0.5) is 0 Å². The van der Waals surface area contributed by atoms with E-state index in [1.54, 1.807) is 0 Å². The number of carbonyl (C=O) groups excluding carboxylic acids is 1. The highest BCUT2D eigenvalue weighted by Gasteiger charge is 2.02. The molecule has 4 nitrogen and oxygen atoms in total. The number of nitrogens with one attached hydrogen (secondary N) is 1. The van der Waals surface area contributed by atoms with Gasteiger partial charge in [0.05, 0.1) is 0 Å². The molecule has 3 N–H and O–H groups in total. The van der Waals surface area contributed by atoms with Crippen molar-refractivity contribution >= 4 is 6.29 Å². The lowest BCUT2D eigenvalue weighted by molar-refractivity contribution is -0.117. The molecule has 0 aromatic heterocycles. The van der Waals surface area contributed by atoms with Crippen LogP contribution in [0.1, 0.15) is 6.92 Å². The molecule has 0 spiro atoms. The van der Waals surface area contributed by atoms with E-state index < -0.39 is 6.10 Å². The molecule has 0 fully saturated rings. The van der Waals surface area contributed by atoms with E-state index in [0.29, 0.717) is 13.2 Å². The third kappa shape index (κ3) is 4.08. The summed E-state index contributed by atoms with van der Waals surface area (Å²) < 4.78 is 4.92. The van der Waals surface area contributed by atoms with E-state index in [-0.39, 0.29) is 0 Å². The van der Waals surface area contributed by atoms with Crippen molar-refractivity contribution in [3.8, 4) is 0 Å². The molecule has 0 radical (unpaired) electrons. The second-order valence-corrected chi connectivity index (χ2v) is 1.54. The Labute approximate surface area is 54.3 Å². The van der Waals surface area contributed by atoms with Gasteiger partial charge >= 0.3 is 0 Å². The number of hydrazine groups is 1. The Balaban J connectivity index is 3.29. The number of rotatable bonds is 5. The number of ether oxygens (including phenoxy) is 1. The number of nitrogens with two attached hydrogens (primary N) is 1. The predicted octanol–water partition coefficient (Wildman–Crippen LogP) is -0.946. The minimum absolute atomic E-state index is 0.372. The van der Waals surface area contributed by atoms with E-state index in [1.807, 2.05) is 6.92 Å². The van der Waals surface area contributed by atoms with Crippen molar-refractivity contribution in [3.63, 3.8) is 0 Å². The molecule has 0 aliphatic rings. The average molecular weight is 132 g/mol. The van der Waals surface area contributed by atoms with Crippen molar-refractivity contribution in [2.24, 2.45) is 5.84 Å². The average Bonchev–Trinajstić information content (AvgIpc) is 1.88. The van der Waals surface area contributed by atoms with Crippen LogP contribution in [0.3, 0.4) is 0 Å². The maximum atomic E-state index is 10.1. The third-order valence-corrected chi connectivity index (χ3v) is 0.852. The molecule has 0 aliphatic carbocycles. The first kappa shape index (κ1) is 8.55. The fourth-order valence-corrected chi connectivity index (χ4v) is 0.477. The van der Waals surface area contributed by atoms with Crippen LogP contribution in [-0.4, -0.2) is 25.5 Å². The molecule has 0 heterocycles. The minimum Gasteiger partial charge on any atom is -0.370 e. The van der Waals surface area contributed by atoms with Gasteiger partial charge in [0.2, 0.25) is 0 Å². The number of hydrogen-bond acceptors (Lipinski definition) is 4. The highest BCUT2D eigenvalue weighted by molar-refractivity contribution is 5.56. The predicted molar refractivity (Wildman–Crippen MR) is 33.7 cm³/mol. The fourth-order valence-electron chi connectivity index (χ4n) is 0.477.